The maximum atomic E-state index is 5.98. The second kappa shape index (κ2) is 7.84. The summed E-state index contributed by atoms with van der Waals surface area (Å²) >= 11 is 0. The molecule has 2 N–H and O–H groups in total. The van der Waals surface area contributed by atoms with Crippen molar-refractivity contribution in [3.8, 4) is 16.9 Å². The van der Waals surface area contributed by atoms with Gasteiger partial charge in [0, 0.05) is 6.04 Å². The van der Waals surface area contributed by atoms with E-state index in [0.29, 0.717) is 0 Å². The molecule has 0 saturated heterocycles. The van der Waals surface area contributed by atoms with Crippen LogP contribution in [-0.2, 0) is 6.42 Å². The van der Waals surface area contributed by atoms with Crippen LogP contribution in [-0.4, -0.2) is 12.6 Å². The molecule has 0 heterocycles. The summed E-state index contributed by atoms with van der Waals surface area (Å²) in [6, 6.07) is 16.9. The minimum atomic E-state index is 0.152. The van der Waals surface area contributed by atoms with Crippen molar-refractivity contribution < 1.29 is 4.74 Å². The van der Waals surface area contributed by atoms with Gasteiger partial charge in [0.25, 0.3) is 0 Å². The van der Waals surface area contributed by atoms with Crippen molar-refractivity contribution in [2.24, 2.45) is 5.73 Å². The van der Waals surface area contributed by atoms with Crippen LogP contribution in [0, 0.1) is 0 Å². The first kappa shape index (κ1) is 15.6. The van der Waals surface area contributed by atoms with Gasteiger partial charge < -0.3 is 10.5 Å². The largest absolute Gasteiger partial charge is 0.494 e. The van der Waals surface area contributed by atoms with Crippen LogP contribution >= 0.6 is 0 Å². The quantitative estimate of drug-likeness (QED) is 0.763. The summed E-state index contributed by atoms with van der Waals surface area (Å²) in [5.41, 5.74) is 9.69. The number of hydrogen-bond donors (Lipinski definition) is 1. The van der Waals surface area contributed by atoms with E-state index in [0.717, 1.165) is 31.6 Å². The lowest BCUT2D eigenvalue weighted by molar-refractivity contribution is 0.309. The number of nitrogens with two attached hydrogens (primary N) is 1. The predicted octanol–water partition coefficient (Wildman–Crippen LogP) is 4.42. The van der Waals surface area contributed by atoms with Crippen LogP contribution in [0.25, 0.3) is 11.1 Å². The van der Waals surface area contributed by atoms with Crippen molar-refractivity contribution >= 4 is 0 Å². The lowest BCUT2D eigenvalue weighted by Crippen LogP contribution is -2.18. The van der Waals surface area contributed by atoms with Gasteiger partial charge in [0.1, 0.15) is 5.75 Å². The number of hydrogen-bond acceptors (Lipinski definition) is 2. The number of rotatable bonds is 7. The molecule has 0 aliphatic rings. The van der Waals surface area contributed by atoms with E-state index in [4.69, 9.17) is 10.5 Å². The third kappa shape index (κ3) is 4.61. The van der Waals surface area contributed by atoms with Crippen LogP contribution in [0.15, 0.2) is 48.5 Å². The monoisotopic (exact) mass is 283 g/mol. The van der Waals surface area contributed by atoms with Crippen LogP contribution < -0.4 is 10.5 Å². The third-order valence-corrected chi connectivity index (χ3v) is 3.47. The second-order valence-corrected chi connectivity index (χ2v) is 5.57. The lowest BCUT2D eigenvalue weighted by Gasteiger charge is -2.14. The van der Waals surface area contributed by atoms with Gasteiger partial charge in [-0.2, -0.15) is 0 Å². The van der Waals surface area contributed by atoms with Crippen molar-refractivity contribution in [1.82, 2.24) is 0 Å². The Balaban J connectivity index is 2.30. The average molecular weight is 283 g/mol. The summed E-state index contributed by atoms with van der Waals surface area (Å²) in [6.45, 7) is 4.99. The van der Waals surface area contributed by atoms with E-state index >= 15 is 0 Å². The molecular formula is C19H25NO. The number of ether oxygens (including phenoxy) is 1. The summed E-state index contributed by atoms with van der Waals surface area (Å²) in [5, 5.41) is 0. The Morgan fingerprint density at radius 2 is 1.86 bits per heavy atom. The zero-order valence-electron chi connectivity index (χ0n) is 13.0. The molecule has 0 fully saturated rings. The Kier molecular flexibility index (Phi) is 5.82. The molecule has 2 aromatic rings. The molecule has 2 aromatic carbocycles. The zero-order valence-corrected chi connectivity index (χ0v) is 13.0. The van der Waals surface area contributed by atoms with E-state index < -0.39 is 0 Å². The van der Waals surface area contributed by atoms with E-state index in [9.17, 15) is 0 Å². The standard InChI is InChI=1S/C19H25NO/c1-3-4-12-21-18-11-10-17(13-15(2)20)19(14-18)16-8-6-5-7-9-16/h5-11,14-15H,3-4,12-13,20H2,1-2H3. The van der Waals surface area contributed by atoms with Gasteiger partial charge in [0.2, 0.25) is 0 Å². The van der Waals surface area contributed by atoms with Gasteiger partial charge >= 0.3 is 0 Å². The smallest absolute Gasteiger partial charge is 0.119 e. The molecule has 0 spiro atoms. The highest BCUT2D eigenvalue weighted by molar-refractivity contribution is 5.69. The Bertz CT molecular complexity index is 549. The summed E-state index contributed by atoms with van der Waals surface area (Å²) in [6.07, 6.45) is 3.11. The molecular weight excluding hydrogens is 258 g/mol. The topological polar surface area (TPSA) is 35.2 Å². The van der Waals surface area contributed by atoms with Gasteiger partial charge in [0.05, 0.1) is 6.61 Å². The highest BCUT2D eigenvalue weighted by atomic mass is 16.5. The minimum Gasteiger partial charge on any atom is -0.494 e. The molecule has 0 aliphatic carbocycles. The fourth-order valence-electron chi connectivity index (χ4n) is 2.39. The SMILES string of the molecule is CCCCOc1ccc(CC(C)N)c(-c2ccccc2)c1. The van der Waals surface area contributed by atoms with Crippen molar-refractivity contribution in [2.45, 2.75) is 39.2 Å². The lowest BCUT2D eigenvalue weighted by atomic mass is 9.95. The van der Waals surface area contributed by atoms with Gasteiger partial charge in [-0.25, -0.2) is 0 Å². The van der Waals surface area contributed by atoms with Crippen molar-refractivity contribution in [3.05, 3.63) is 54.1 Å². The first-order valence-corrected chi connectivity index (χ1v) is 7.77. The maximum Gasteiger partial charge on any atom is 0.119 e. The molecule has 2 heteroatoms. The second-order valence-electron chi connectivity index (χ2n) is 5.57. The van der Waals surface area contributed by atoms with Crippen molar-refractivity contribution in [1.29, 1.82) is 0 Å². The van der Waals surface area contributed by atoms with Crippen LogP contribution in [0.1, 0.15) is 32.3 Å². The van der Waals surface area contributed by atoms with E-state index in [-0.39, 0.29) is 6.04 Å². The van der Waals surface area contributed by atoms with E-state index in [1.54, 1.807) is 0 Å². The first-order chi connectivity index (χ1) is 10.2. The number of unbranched alkanes of at least 4 members (excludes halogenated alkanes) is 1. The molecule has 0 radical (unpaired) electrons. The molecule has 0 bridgehead atoms. The predicted molar refractivity (Wildman–Crippen MR) is 89.6 cm³/mol. The van der Waals surface area contributed by atoms with Crippen molar-refractivity contribution in [3.63, 3.8) is 0 Å². The molecule has 1 atom stereocenters. The molecule has 0 amide bonds. The highest BCUT2D eigenvalue weighted by Crippen LogP contribution is 2.29. The van der Waals surface area contributed by atoms with Gasteiger partial charge in [-0.1, -0.05) is 49.7 Å². The summed E-state index contributed by atoms with van der Waals surface area (Å²) in [4.78, 5) is 0. The summed E-state index contributed by atoms with van der Waals surface area (Å²) < 4.78 is 5.84. The highest BCUT2D eigenvalue weighted by Gasteiger charge is 2.09. The van der Waals surface area contributed by atoms with Gasteiger partial charge in [-0.15, -0.1) is 0 Å². The molecule has 0 aliphatic heterocycles. The zero-order chi connectivity index (χ0) is 15.1. The molecule has 112 valence electrons. The Morgan fingerprint density at radius 1 is 1.10 bits per heavy atom. The maximum absolute atomic E-state index is 5.98. The third-order valence-electron chi connectivity index (χ3n) is 3.47. The fourth-order valence-corrected chi connectivity index (χ4v) is 2.39. The Hall–Kier alpha value is -1.80. The van der Waals surface area contributed by atoms with E-state index in [1.165, 1.54) is 16.7 Å². The molecule has 2 nitrogen and oxygen atoms in total. The van der Waals surface area contributed by atoms with E-state index in [1.807, 2.05) is 13.0 Å². The first-order valence-electron chi connectivity index (χ1n) is 7.77. The van der Waals surface area contributed by atoms with E-state index in [2.05, 4.69) is 49.4 Å². The fraction of sp³-hybridized carbons (Fsp3) is 0.368. The van der Waals surface area contributed by atoms with Crippen LogP contribution in [0.5, 0.6) is 5.75 Å². The molecule has 0 saturated carbocycles. The van der Waals surface area contributed by atoms with Crippen molar-refractivity contribution in [2.75, 3.05) is 6.61 Å². The molecule has 2 rings (SSSR count). The summed E-state index contributed by atoms with van der Waals surface area (Å²) in [5.74, 6) is 0.940. The Morgan fingerprint density at radius 3 is 2.52 bits per heavy atom. The van der Waals surface area contributed by atoms with Gasteiger partial charge in [-0.05, 0) is 48.6 Å². The normalized spacial score (nSPS) is 12.1. The van der Waals surface area contributed by atoms with Crippen LogP contribution in [0.2, 0.25) is 0 Å². The average Bonchev–Trinajstić information content (AvgIpc) is 2.49. The molecule has 1 unspecified atom stereocenters. The van der Waals surface area contributed by atoms with Gasteiger partial charge in [-0.3, -0.25) is 0 Å². The van der Waals surface area contributed by atoms with Crippen LogP contribution in [0.3, 0.4) is 0 Å². The summed E-state index contributed by atoms with van der Waals surface area (Å²) in [7, 11) is 0. The Labute approximate surface area is 127 Å². The minimum absolute atomic E-state index is 0.152. The molecule has 21 heavy (non-hydrogen) atoms. The number of benzene rings is 2. The van der Waals surface area contributed by atoms with Crippen LogP contribution in [0.4, 0.5) is 0 Å². The molecule has 0 aromatic heterocycles. The van der Waals surface area contributed by atoms with Gasteiger partial charge in [0.15, 0.2) is 0 Å².